The second-order valence-electron chi connectivity index (χ2n) is 2.22. The molecule has 6 heteroatoms. The van der Waals surface area contributed by atoms with Crippen LogP contribution in [0.5, 0.6) is 0 Å². The van der Waals surface area contributed by atoms with Crippen molar-refractivity contribution < 1.29 is 27.1 Å². The van der Waals surface area contributed by atoms with Crippen molar-refractivity contribution in [2.45, 2.75) is 25.7 Å². The fraction of sp³-hybridized carbons (Fsp3) is 0.833. The SMILES string of the molecule is CCOC(=O)C(C)(F)C(F)(F)F. The standard InChI is InChI=1S/C6H8F4O2/c1-3-12-4(11)5(2,7)6(8,9)10/h3H2,1-2H3. The largest absolute Gasteiger partial charge is 0.463 e. The molecule has 0 rings (SSSR count). The van der Waals surface area contributed by atoms with E-state index in [1.54, 1.807) is 0 Å². The predicted octanol–water partition coefficient (Wildman–Crippen LogP) is 1.84. The van der Waals surface area contributed by atoms with Gasteiger partial charge in [-0.1, -0.05) is 0 Å². The summed E-state index contributed by atoms with van der Waals surface area (Å²) in [6.07, 6.45) is -5.22. The molecule has 1 atom stereocenters. The highest BCUT2D eigenvalue weighted by molar-refractivity contribution is 5.79. The van der Waals surface area contributed by atoms with Gasteiger partial charge < -0.3 is 4.74 Å². The number of rotatable bonds is 2. The molecule has 0 aliphatic rings. The Bertz CT molecular complexity index is 173. The number of ether oxygens (including phenoxy) is 1. The summed E-state index contributed by atoms with van der Waals surface area (Å²) in [5, 5.41) is 0. The summed E-state index contributed by atoms with van der Waals surface area (Å²) < 4.78 is 51.7. The van der Waals surface area contributed by atoms with Gasteiger partial charge in [0.05, 0.1) is 6.61 Å². The third-order valence-electron chi connectivity index (χ3n) is 1.19. The Balaban J connectivity index is 4.50. The summed E-state index contributed by atoms with van der Waals surface area (Å²) in [6.45, 7) is 1.14. The zero-order valence-corrected chi connectivity index (χ0v) is 6.54. The van der Waals surface area contributed by atoms with E-state index in [2.05, 4.69) is 4.74 Å². The Morgan fingerprint density at radius 2 is 1.75 bits per heavy atom. The van der Waals surface area contributed by atoms with E-state index in [1.807, 2.05) is 0 Å². The van der Waals surface area contributed by atoms with Crippen molar-refractivity contribution in [3.8, 4) is 0 Å². The van der Waals surface area contributed by atoms with Crippen LogP contribution >= 0.6 is 0 Å². The minimum absolute atomic E-state index is 0.130. The molecule has 12 heavy (non-hydrogen) atoms. The fourth-order valence-corrected chi connectivity index (χ4v) is 0.382. The van der Waals surface area contributed by atoms with Crippen LogP contribution in [0.4, 0.5) is 17.6 Å². The van der Waals surface area contributed by atoms with Gasteiger partial charge in [-0.05, 0) is 13.8 Å². The zero-order valence-electron chi connectivity index (χ0n) is 6.54. The second-order valence-corrected chi connectivity index (χ2v) is 2.22. The van der Waals surface area contributed by atoms with Crippen LogP contribution in [-0.4, -0.2) is 24.4 Å². The number of carbonyl (C=O) groups is 1. The molecule has 0 N–H and O–H groups in total. The summed E-state index contributed by atoms with van der Waals surface area (Å²) >= 11 is 0. The first-order chi connectivity index (χ1) is 5.23. The minimum atomic E-state index is -5.22. The molecule has 0 radical (unpaired) electrons. The van der Waals surface area contributed by atoms with Crippen molar-refractivity contribution in [1.29, 1.82) is 0 Å². The Morgan fingerprint density at radius 1 is 1.33 bits per heavy atom. The topological polar surface area (TPSA) is 26.3 Å². The van der Waals surface area contributed by atoms with Gasteiger partial charge in [-0.15, -0.1) is 0 Å². The molecule has 0 heterocycles. The van der Waals surface area contributed by atoms with Crippen molar-refractivity contribution in [3.63, 3.8) is 0 Å². The van der Waals surface area contributed by atoms with Crippen LogP contribution < -0.4 is 0 Å². The van der Waals surface area contributed by atoms with Gasteiger partial charge in [0.25, 0.3) is 5.67 Å². The third kappa shape index (κ3) is 2.09. The lowest BCUT2D eigenvalue weighted by molar-refractivity contribution is -0.233. The van der Waals surface area contributed by atoms with Crippen LogP contribution in [-0.2, 0) is 9.53 Å². The lowest BCUT2D eigenvalue weighted by Gasteiger charge is -2.20. The molecule has 1 unspecified atom stereocenters. The Hall–Kier alpha value is -0.810. The average molecular weight is 188 g/mol. The van der Waals surface area contributed by atoms with E-state index in [0.29, 0.717) is 0 Å². The van der Waals surface area contributed by atoms with E-state index in [1.165, 1.54) is 6.92 Å². The molecule has 0 fully saturated rings. The van der Waals surface area contributed by atoms with Gasteiger partial charge in [0, 0.05) is 0 Å². The van der Waals surface area contributed by atoms with Crippen LogP contribution in [0.3, 0.4) is 0 Å². The number of esters is 1. The molecule has 0 aromatic carbocycles. The van der Waals surface area contributed by atoms with Crippen molar-refractivity contribution in [3.05, 3.63) is 0 Å². The van der Waals surface area contributed by atoms with Crippen LogP contribution in [0.15, 0.2) is 0 Å². The maximum absolute atomic E-state index is 12.6. The number of alkyl halides is 4. The van der Waals surface area contributed by atoms with Gasteiger partial charge in [-0.25, -0.2) is 9.18 Å². The Labute approximate surface area is 66.5 Å². The maximum atomic E-state index is 12.6. The van der Waals surface area contributed by atoms with Crippen LogP contribution in [0.25, 0.3) is 0 Å². The normalized spacial score (nSPS) is 16.8. The molecular weight excluding hydrogens is 180 g/mol. The fourth-order valence-electron chi connectivity index (χ4n) is 0.382. The number of hydrogen-bond donors (Lipinski definition) is 0. The summed E-state index contributed by atoms with van der Waals surface area (Å²) in [4.78, 5) is 10.4. The number of halogens is 4. The highest BCUT2D eigenvalue weighted by Gasteiger charge is 2.59. The molecule has 0 spiro atoms. The monoisotopic (exact) mass is 188 g/mol. The van der Waals surface area contributed by atoms with Gasteiger partial charge >= 0.3 is 12.1 Å². The first-order valence-corrected chi connectivity index (χ1v) is 3.16. The van der Waals surface area contributed by atoms with Crippen molar-refractivity contribution in [2.24, 2.45) is 0 Å². The molecule has 0 aromatic rings. The summed E-state index contributed by atoms with van der Waals surface area (Å²) in [5.74, 6) is -1.91. The molecule has 0 bridgehead atoms. The van der Waals surface area contributed by atoms with Gasteiger partial charge in [0.15, 0.2) is 0 Å². The molecular formula is C6H8F4O2. The summed E-state index contributed by atoms with van der Waals surface area (Å²) in [7, 11) is 0. The Kier molecular flexibility index (Phi) is 3.06. The first kappa shape index (κ1) is 11.2. The average Bonchev–Trinajstić information content (AvgIpc) is 1.85. The van der Waals surface area contributed by atoms with Crippen molar-refractivity contribution in [2.75, 3.05) is 6.61 Å². The highest BCUT2D eigenvalue weighted by Crippen LogP contribution is 2.34. The minimum Gasteiger partial charge on any atom is -0.463 e. The molecule has 2 nitrogen and oxygen atoms in total. The smallest absolute Gasteiger partial charge is 0.433 e. The highest BCUT2D eigenvalue weighted by atomic mass is 19.4. The van der Waals surface area contributed by atoms with Gasteiger partial charge in [0.1, 0.15) is 0 Å². The first-order valence-electron chi connectivity index (χ1n) is 3.16. The second kappa shape index (κ2) is 3.28. The third-order valence-corrected chi connectivity index (χ3v) is 1.19. The quantitative estimate of drug-likeness (QED) is 0.488. The molecule has 0 aromatic heterocycles. The van der Waals surface area contributed by atoms with Gasteiger partial charge in [0.2, 0.25) is 0 Å². The lowest BCUT2D eigenvalue weighted by atomic mass is 10.1. The Morgan fingerprint density at radius 3 is 2.00 bits per heavy atom. The van der Waals surface area contributed by atoms with E-state index in [0.717, 1.165) is 0 Å². The maximum Gasteiger partial charge on any atom is 0.433 e. The summed E-state index contributed by atoms with van der Waals surface area (Å²) in [6, 6.07) is 0. The number of carbonyl (C=O) groups excluding carboxylic acids is 1. The predicted molar refractivity (Wildman–Crippen MR) is 32.2 cm³/mol. The molecule has 72 valence electrons. The molecule has 0 saturated carbocycles. The van der Waals surface area contributed by atoms with Crippen LogP contribution in [0.1, 0.15) is 13.8 Å². The van der Waals surface area contributed by atoms with Crippen molar-refractivity contribution in [1.82, 2.24) is 0 Å². The van der Waals surface area contributed by atoms with Crippen LogP contribution in [0.2, 0.25) is 0 Å². The number of hydrogen-bond acceptors (Lipinski definition) is 2. The van der Waals surface area contributed by atoms with E-state index in [-0.39, 0.29) is 13.5 Å². The van der Waals surface area contributed by atoms with Gasteiger partial charge in [-0.2, -0.15) is 13.2 Å². The molecule has 0 aliphatic heterocycles. The zero-order chi connectivity index (χ0) is 9.99. The molecule has 0 amide bonds. The molecule has 0 aliphatic carbocycles. The summed E-state index contributed by atoms with van der Waals surface area (Å²) in [5.41, 5.74) is -3.91. The molecule has 0 saturated heterocycles. The van der Waals surface area contributed by atoms with Crippen molar-refractivity contribution >= 4 is 5.97 Å². The van der Waals surface area contributed by atoms with Crippen LogP contribution in [0, 0.1) is 0 Å². The van der Waals surface area contributed by atoms with Gasteiger partial charge in [-0.3, -0.25) is 0 Å². The van der Waals surface area contributed by atoms with E-state index in [4.69, 9.17) is 0 Å². The lowest BCUT2D eigenvalue weighted by Crippen LogP contribution is -2.46. The van der Waals surface area contributed by atoms with E-state index < -0.39 is 17.8 Å². The van der Waals surface area contributed by atoms with E-state index >= 15 is 0 Å². The van der Waals surface area contributed by atoms with E-state index in [9.17, 15) is 22.4 Å².